The first-order valence-electron chi connectivity index (χ1n) is 31.1. The van der Waals surface area contributed by atoms with E-state index < -0.39 is 0 Å². The van der Waals surface area contributed by atoms with Crippen molar-refractivity contribution >= 4 is 0 Å². The Balaban J connectivity index is 0.00000352. The van der Waals surface area contributed by atoms with Crippen molar-refractivity contribution < 1.29 is 142 Å². The van der Waals surface area contributed by atoms with Gasteiger partial charge < -0.3 is 59.7 Å². The van der Waals surface area contributed by atoms with Crippen molar-refractivity contribution in [2.24, 2.45) is 23.2 Å². The summed E-state index contributed by atoms with van der Waals surface area (Å²) >= 11 is 0. The van der Waals surface area contributed by atoms with Crippen LogP contribution in [0.2, 0.25) is 0 Å². The Morgan fingerprint density at radius 2 is 0.716 bits per heavy atom. The summed E-state index contributed by atoms with van der Waals surface area (Å²) in [7, 11) is 0. The second-order valence-corrected chi connectivity index (χ2v) is 25.6. The third kappa shape index (κ3) is 17.9. The quantitative estimate of drug-likeness (QED) is 0.0384. The van der Waals surface area contributed by atoms with E-state index in [-0.39, 0.29) is 120 Å². The zero-order valence-corrected chi connectivity index (χ0v) is 58.7. The summed E-state index contributed by atoms with van der Waals surface area (Å²) < 4.78 is 37.9. The molecule has 0 unspecified atom stereocenters. The molecular formula is C66H101N3O9Y3. The van der Waals surface area contributed by atoms with E-state index in [0.29, 0.717) is 132 Å². The molecule has 12 nitrogen and oxygen atoms in total. The van der Waals surface area contributed by atoms with Crippen LogP contribution in [-0.4, -0.2) is 132 Å². The maximum atomic E-state index is 10.5. The smallest absolute Gasteiger partial charge is 0.115 e. The van der Waals surface area contributed by atoms with Crippen molar-refractivity contribution in [2.75, 3.05) is 98.9 Å². The van der Waals surface area contributed by atoms with Gasteiger partial charge in [-0.05, 0) is 152 Å². The number of benzene rings is 3. The minimum atomic E-state index is -0.340. The summed E-state index contributed by atoms with van der Waals surface area (Å²) in [6, 6.07) is 19.2. The van der Waals surface area contributed by atoms with Gasteiger partial charge in [-0.25, -0.2) is 0 Å². The van der Waals surface area contributed by atoms with Gasteiger partial charge in [0.25, 0.3) is 0 Å². The number of fused-ring (bicyclic) bond motifs is 12. The summed E-state index contributed by atoms with van der Waals surface area (Å²) in [5, 5.41) is 43.3. The van der Waals surface area contributed by atoms with Crippen LogP contribution in [0.25, 0.3) is 0 Å². The van der Waals surface area contributed by atoms with E-state index >= 15 is 0 Å². The third-order valence-corrected chi connectivity index (χ3v) is 20.3. The number of hydrogen-bond donors (Lipinski definition) is 6. The van der Waals surface area contributed by atoms with Gasteiger partial charge in [0.15, 0.2) is 0 Å². The fourth-order valence-electron chi connectivity index (χ4n) is 16.0. The van der Waals surface area contributed by atoms with Gasteiger partial charge in [0.2, 0.25) is 0 Å². The number of rotatable bonds is 28. The molecule has 0 aromatic heterocycles. The first-order valence-corrected chi connectivity index (χ1v) is 31.1. The molecule has 0 saturated heterocycles. The van der Waals surface area contributed by atoms with E-state index in [9.17, 15) is 15.3 Å². The van der Waals surface area contributed by atoms with Crippen molar-refractivity contribution in [2.45, 2.75) is 184 Å². The van der Waals surface area contributed by atoms with E-state index in [4.69, 9.17) is 28.4 Å². The number of hydrogen-bond acceptors (Lipinski definition) is 12. The fraction of sp³-hybridized carbons (Fsp3) is 0.727. The molecule has 6 bridgehead atoms. The van der Waals surface area contributed by atoms with Crippen LogP contribution in [0.3, 0.4) is 0 Å². The maximum Gasteiger partial charge on any atom is 0.115 e. The predicted molar refractivity (Wildman–Crippen MR) is 310 cm³/mol. The topological polar surface area (TPSA) is 152 Å². The Bertz CT molecular complexity index is 2100. The Labute approximate surface area is 563 Å². The second kappa shape index (κ2) is 34.1. The largest absolute Gasteiger partial charge is 0.508 e. The number of ether oxygens (including phenoxy) is 6. The summed E-state index contributed by atoms with van der Waals surface area (Å²) in [6.07, 6.45) is 22.4. The molecule has 0 heterocycles. The molecule has 6 aliphatic rings. The molecule has 81 heavy (non-hydrogen) atoms. The molecule has 15 heteroatoms. The van der Waals surface area contributed by atoms with Crippen LogP contribution >= 0.6 is 0 Å². The van der Waals surface area contributed by atoms with Crippen LogP contribution in [-0.2, 0) is 162 Å². The fourth-order valence-corrected chi connectivity index (χ4v) is 16.0. The van der Waals surface area contributed by atoms with E-state index in [1.54, 1.807) is 0 Å². The van der Waals surface area contributed by atoms with Gasteiger partial charge in [0.1, 0.15) is 17.2 Å². The number of phenols is 3. The van der Waals surface area contributed by atoms with Crippen LogP contribution in [0.5, 0.6) is 17.2 Å². The minimum Gasteiger partial charge on any atom is -0.508 e. The minimum absolute atomic E-state index is 0. The van der Waals surface area contributed by atoms with Gasteiger partial charge in [-0.15, -0.1) is 0 Å². The molecule has 443 valence electrons. The summed E-state index contributed by atoms with van der Waals surface area (Å²) in [5.41, 5.74) is 7.78. The molecule has 3 saturated carbocycles. The molecule has 0 spiro atoms. The maximum absolute atomic E-state index is 10.5. The van der Waals surface area contributed by atoms with Gasteiger partial charge in [0.05, 0.1) is 79.3 Å². The zero-order chi connectivity index (χ0) is 54.4. The molecule has 3 radical (unpaired) electrons. The number of aromatic hydroxyl groups is 3. The zero-order valence-electron chi connectivity index (χ0n) is 50.2. The van der Waals surface area contributed by atoms with Crippen molar-refractivity contribution in [1.29, 1.82) is 0 Å². The van der Waals surface area contributed by atoms with Crippen LogP contribution < -0.4 is 16.0 Å². The van der Waals surface area contributed by atoms with Crippen molar-refractivity contribution in [3.63, 3.8) is 0 Å². The van der Waals surface area contributed by atoms with Gasteiger partial charge in [0, 0.05) is 158 Å². The monoisotopic (exact) mass is 1350 g/mol. The Morgan fingerprint density at radius 3 is 1.01 bits per heavy atom. The van der Waals surface area contributed by atoms with Gasteiger partial charge in [-0.3, -0.25) is 0 Å². The van der Waals surface area contributed by atoms with Gasteiger partial charge in [-0.2, -0.15) is 0 Å². The van der Waals surface area contributed by atoms with E-state index in [0.717, 1.165) is 64.6 Å². The molecule has 9 rings (SSSR count). The molecule has 0 amide bonds. The summed E-state index contributed by atoms with van der Waals surface area (Å²) in [5.74, 6) is 2.83. The van der Waals surface area contributed by atoms with Crippen molar-refractivity contribution in [3.05, 3.63) is 88.0 Å². The molecule has 6 aliphatic carbocycles. The SMILES string of the molecule is CCC(COCCOCCN[C@H]1[C@H]2CCCCC[C@]1(C)c1cc(O)ccc1C2)(COCCOCCN[C@H]1[C@H]2CCCCC[C@]1(C)c1cc(O)ccc1C2)COCCOCCN[C@H]1[C@H]2CCCCC[C@]1(C)c1cc(O)ccc1C2.[Y].[Y].[Y]. The van der Waals surface area contributed by atoms with Gasteiger partial charge >= 0.3 is 0 Å². The summed E-state index contributed by atoms with van der Waals surface area (Å²) in [4.78, 5) is 0. The van der Waals surface area contributed by atoms with Crippen molar-refractivity contribution in [3.8, 4) is 17.2 Å². The molecule has 3 aromatic carbocycles. The second-order valence-electron chi connectivity index (χ2n) is 25.6. The predicted octanol–water partition coefficient (Wildman–Crippen LogP) is 10.7. The van der Waals surface area contributed by atoms with Crippen LogP contribution in [0.4, 0.5) is 0 Å². The standard InChI is InChI=1S/C66H101N3O9.3Y/c1-5-66(45-76-36-33-73-30-27-67-60-51-15-9-6-12-24-63(60,2)57-42-54(70)21-18-48(57)39-51,46-77-37-34-74-31-28-68-61-52-16-10-7-13-25-64(61,3)58-43-55(71)22-19-49(58)40-52)47-78-38-35-75-32-29-69-62-53-17-11-8-14-26-65(62,4)59-44-56(72)23-20-50(59)41-53;;;/h18-23,42-44,51-53,60-62,67-72H,5-17,24-41,45-47H2,1-4H3;;;/t51-,52-,53-,60-,61-,62-,63+,64+,65+;;;/m0.../s1. The number of phenolic OH excluding ortho intramolecular Hbond substituents is 3. The normalized spacial score (nSPS) is 27.9. The molecular weight excluding hydrogens is 1250 g/mol. The molecule has 0 aliphatic heterocycles. The van der Waals surface area contributed by atoms with Crippen LogP contribution in [0.1, 0.15) is 164 Å². The molecule has 3 aromatic rings. The Morgan fingerprint density at radius 1 is 0.420 bits per heavy atom. The van der Waals surface area contributed by atoms with E-state index in [1.165, 1.54) is 110 Å². The first kappa shape index (κ1) is 70.1. The summed E-state index contributed by atoms with van der Waals surface area (Å²) in [6.45, 7) is 18.1. The van der Waals surface area contributed by atoms with Crippen LogP contribution in [0, 0.1) is 23.2 Å². The van der Waals surface area contributed by atoms with E-state index in [2.05, 4.69) is 61.8 Å². The molecule has 6 N–H and O–H groups in total. The Hall–Kier alpha value is 0.0117. The van der Waals surface area contributed by atoms with E-state index in [1.807, 2.05) is 36.4 Å². The average Bonchev–Trinajstić information content (AvgIpc) is 3.63. The number of nitrogens with one attached hydrogen (secondary N) is 3. The first-order chi connectivity index (χ1) is 37.9. The average molecular weight is 1350 g/mol. The third-order valence-electron chi connectivity index (χ3n) is 20.3. The van der Waals surface area contributed by atoms with Gasteiger partial charge in [-0.1, -0.05) is 104 Å². The molecule has 9 atom stereocenters. The van der Waals surface area contributed by atoms with Crippen molar-refractivity contribution in [1.82, 2.24) is 16.0 Å². The Kier molecular flexibility index (Phi) is 29.5. The van der Waals surface area contributed by atoms with Crippen LogP contribution in [0.15, 0.2) is 54.6 Å². The molecule has 3 fully saturated rings.